The third-order valence-corrected chi connectivity index (χ3v) is 2.68. The molecule has 2 rings (SSSR count). The molecule has 0 amide bonds. The highest BCUT2D eigenvalue weighted by molar-refractivity contribution is 9.10. The van der Waals surface area contributed by atoms with Gasteiger partial charge in [-0.15, -0.1) is 0 Å². The number of anilines is 1. The maximum Gasteiger partial charge on any atom is 0.129 e. The van der Waals surface area contributed by atoms with E-state index in [1.807, 2.05) is 37.5 Å². The molecule has 82 valence electrons. The van der Waals surface area contributed by atoms with Crippen LogP contribution in [0.4, 0.5) is 5.82 Å². The fraction of sp³-hybridized carbons (Fsp3) is 0.167. The van der Waals surface area contributed by atoms with Crippen LogP contribution in [0.1, 0.15) is 5.56 Å². The van der Waals surface area contributed by atoms with Crippen LogP contribution < -0.4 is 4.90 Å². The summed E-state index contributed by atoms with van der Waals surface area (Å²) >= 11 is 3.37. The Morgan fingerprint density at radius 1 is 1.25 bits per heavy atom. The van der Waals surface area contributed by atoms with E-state index in [-0.39, 0.29) is 0 Å². The van der Waals surface area contributed by atoms with Gasteiger partial charge in [-0.3, -0.25) is 4.98 Å². The number of nitrogens with zero attached hydrogens (tertiary/aromatic N) is 3. The zero-order chi connectivity index (χ0) is 11.4. The second kappa shape index (κ2) is 5.07. The Morgan fingerprint density at radius 3 is 2.81 bits per heavy atom. The third kappa shape index (κ3) is 2.79. The molecule has 4 heteroatoms. The zero-order valence-electron chi connectivity index (χ0n) is 8.97. The molecule has 0 unspecified atom stereocenters. The minimum absolute atomic E-state index is 0.803. The Bertz CT molecular complexity index is 459. The zero-order valence-corrected chi connectivity index (χ0v) is 10.6. The van der Waals surface area contributed by atoms with Gasteiger partial charge in [0.25, 0.3) is 0 Å². The van der Waals surface area contributed by atoms with Gasteiger partial charge in [0.15, 0.2) is 0 Å². The molecular formula is C12H12BrN3. The van der Waals surface area contributed by atoms with Crippen molar-refractivity contribution < 1.29 is 0 Å². The van der Waals surface area contributed by atoms with E-state index >= 15 is 0 Å². The second-order valence-corrected chi connectivity index (χ2v) is 4.35. The molecule has 2 heterocycles. The van der Waals surface area contributed by atoms with Crippen molar-refractivity contribution in [3.05, 3.63) is 52.9 Å². The lowest BCUT2D eigenvalue weighted by atomic mass is 10.2. The molecule has 0 saturated heterocycles. The summed E-state index contributed by atoms with van der Waals surface area (Å²) in [7, 11) is 2.02. The van der Waals surface area contributed by atoms with Gasteiger partial charge in [0.05, 0.1) is 0 Å². The fourth-order valence-corrected chi connectivity index (χ4v) is 1.79. The first-order valence-electron chi connectivity index (χ1n) is 4.98. The molecule has 2 aromatic rings. The van der Waals surface area contributed by atoms with E-state index in [4.69, 9.17) is 0 Å². The van der Waals surface area contributed by atoms with E-state index in [1.54, 1.807) is 6.20 Å². The Labute approximate surface area is 103 Å². The minimum atomic E-state index is 0.803. The topological polar surface area (TPSA) is 29.0 Å². The molecule has 0 atom stereocenters. The normalized spacial score (nSPS) is 10.1. The molecule has 0 aliphatic heterocycles. The van der Waals surface area contributed by atoms with Gasteiger partial charge in [-0.25, -0.2) is 4.98 Å². The number of pyridine rings is 2. The number of hydrogen-bond acceptors (Lipinski definition) is 3. The van der Waals surface area contributed by atoms with Crippen LogP contribution in [0.5, 0.6) is 0 Å². The minimum Gasteiger partial charge on any atom is -0.355 e. The van der Waals surface area contributed by atoms with Crippen LogP contribution in [0.3, 0.4) is 0 Å². The second-order valence-electron chi connectivity index (χ2n) is 3.54. The summed E-state index contributed by atoms with van der Waals surface area (Å²) in [6, 6.07) is 9.88. The molecule has 0 N–H and O–H groups in total. The molecule has 16 heavy (non-hydrogen) atoms. The first-order chi connectivity index (χ1) is 7.75. The summed E-state index contributed by atoms with van der Waals surface area (Å²) in [6.07, 6.45) is 3.65. The summed E-state index contributed by atoms with van der Waals surface area (Å²) in [4.78, 5) is 10.6. The van der Waals surface area contributed by atoms with Crippen molar-refractivity contribution in [2.45, 2.75) is 6.54 Å². The third-order valence-electron chi connectivity index (χ3n) is 2.23. The lowest BCUT2D eigenvalue weighted by Crippen LogP contribution is -2.17. The number of aromatic nitrogens is 2. The van der Waals surface area contributed by atoms with E-state index in [0.717, 1.165) is 17.0 Å². The Balaban J connectivity index is 2.12. The van der Waals surface area contributed by atoms with Gasteiger partial charge in [-0.05, 0) is 39.7 Å². The van der Waals surface area contributed by atoms with Gasteiger partial charge >= 0.3 is 0 Å². The summed E-state index contributed by atoms with van der Waals surface area (Å²) in [6.45, 7) is 0.803. The van der Waals surface area contributed by atoms with Gasteiger partial charge in [-0.2, -0.15) is 0 Å². The fourth-order valence-electron chi connectivity index (χ4n) is 1.46. The number of hydrogen-bond donors (Lipinski definition) is 0. The van der Waals surface area contributed by atoms with E-state index < -0.39 is 0 Å². The van der Waals surface area contributed by atoms with Crippen LogP contribution in [0.25, 0.3) is 0 Å². The summed E-state index contributed by atoms with van der Waals surface area (Å²) in [5.41, 5.74) is 1.17. The van der Waals surface area contributed by atoms with Crippen LogP contribution in [-0.2, 0) is 6.54 Å². The average molecular weight is 278 g/mol. The van der Waals surface area contributed by atoms with Crippen molar-refractivity contribution >= 4 is 21.7 Å². The lowest BCUT2D eigenvalue weighted by Gasteiger charge is -2.17. The van der Waals surface area contributed by atoms with Crippen molar-refractivity contribution in [2.24, 2.45) is 0 Å². The predicted octanol–water partition coefficient (Wildman–Crippen LogP) is 2.88. The smallest absolute Gasteiger partial charge is 0.129 e. The van der Waals surface area contributed by atoms with E-state index in [0.29, 0.717) is 0 Å². The molecular weight excluding hydrogens is 266 g/mol. The van der Waals surface area contributed by atoms with Crippen LogP contribution in [-0.4, -0.2) is 17.0 Å². The molecule has 2 aromatic heterocycles. The highest BCUT2D eigenvalue weighted by Gasteiger charge is 2.03. The molecule has 0 spiro atoms. The van der Waals surface area contributed by atoms with Gasteiger partial charge < -0.3 is 4.90 Å². The molecule has 0 aromatic carbocycles. The van der Waals surface area contributed by atoms with Crippen molar-refractivity contribution in [2.75, 3.05) is 11.9 Å². The predicted molar refractivity (Wildman–Crippen MR) is 68.3 cm³/mol. The molecule has 0 aliphatic rings. The summed E-state index contributed by atoms with van der Waals surface area (Å²) < 4.78 is 0.850. The highest BCUT2D eigenvalue weighted by Crippen LogP contribution is 2.15. The highest BCUT2D eigenvalue weighted by atomic mass is 79.9. The molecule has 0 bridgehead atoms. The maximum atomic E-state index is 4.39. The Hall–Kier alpha value is -1.42. The first-order valence-corrected chi connectivity index (χ1v) is 5.77. The summed E-state index contributed by atoms with van der Waals surface area (Å²) in [5.74, 6) is 0.943. The first kappa shape index (κ1) is 11.1. The van der Waals surface area contributed by atoms with Crippen LogP contribution in [0.2, 0.25) is 0 Å². The van der Waals surface area contributed by atoms with Crippen molar-refractivity contribution in [1.82, 2.24) is 9.97 Å². The summed E-state index contributed by atoms with van der Waals surface area (Å²) in [5, 5.41) is 0. The van der Waals surface area contributed by atoms with Gasteiger partial charge in [0.1, 0.15) is 10.4 Å². The molecule has 3 nitrogen and oxygen atoms in total. The standard InChI is InChI=1S/C12H12BrN3/c1-16(9-10-4-3-7-14-8-10)12-6-2-5-11(13)15-12/h2-8H,9H2,1H3. The van der Waals surface area contributed by atoms with E-state index in [9.17, 15) is 0 Å². The molecule has 0 fully saturated rings. The van der Waals surface area contributed by atoms with Crippen molar-refractivity contribution in [3.63, 3.8) is 0 Å². The van der Waals surface area contributed by atoms with Gasteiger partial charge in [0.2, 0.25) is 0 Å². The quantitative estimate of drug-likeness (QED) is 0.808. The van der Waals surface area contributed by atoms with E-state index in [2.05, 4.69) is 36.9 Å². The lowest BCUT2D eigenvalue weighted by molar-refractivity contribution is 0.889. The van der Waals surface area contributed by atoms with Crippen molar-refractivity contribution in [1.29, 1.82) is 0 Å². The Morgan fingerprint density at radius 2 is 2.12 bits per heavy atom. The molecule has 0 saturated carbocycles. The molecule has 0 aliphatic carbocycles. The average Bonchev–Trinajstić information content (AvgIpc) is 2.30. The van der Waals surface area contributed by atoms with Crippen molar-refractivity contribution in [3.8, 4) is 0 Å². The maximum absolute atomic E-state index is 4.39. The van der Waals surface area contributed by atoms with Crippen LogP contribution in [0, 0.1) is 0 Å². The SMILES string of the molecule is CN(Cc1cccnc1)c1cccc(Br)n1. The van der Waals surface area contributed by atoms with Crippen LogP contribution >= 0.6 is 15.9 Å². The largest absolute Gasteiger partial charge is 0.355 e. The van der Waals surface area contributed by atoms with E-state index in [1.165, 1.54) is 5.56 Å². The van der Waals surface area contributed by atoms with Gasteiger partial charge in [-0.1, -0.05) is 12.1 Å². The van der Waals surface area contributed by atoms with Crippen LogP contribution in [0.15, 0.2) is 47.3 Å². The number of rotatable bonds is 3. The number of halogens is 1. The molecule has 0 radical (unpaired) electrons. The van der Waals surface area contributed by atoms with Gasteiger partial charge in [0, 0.05) is 26.0 Å². The Kier molecular flexibility index (Phi) is 3.51. The monoisotopic (exact) mass is 277 g/mol.